The predicted octanol–water partition coefficient (Wildman–Crippen LogP) is 3.12. The van der Waals surface area contributed by atoms with E-state index in [-0.39, 0.29) is 10.8 Å². The summed E-state index contributed by atoms with van der Waals surface area (Å²) in [7, 11) is -3.31. The summed E-state index contributed by atoms with van der Waals surface area (Å²) in [5.41, 5.74) is 1.11. The zero-order valence-electron chi connectivity index (χ0n) is 11.9. The number of sulfone groups is 1. The maximum Gasteiger partial charge on any atom is 0.255 e. The molecule has 110 valence electrons. The molecular weight excluding hydrogens is 286 g/mol. The summed E-state index contributed by atoms with van der Waals surface area (Å²) >= 11 is 0. The summed E-state index contributed by atoms with van der Waals surface area (Å²) in [6.07, 6.45) is 0. The fourth-order valence-corrected chi connectivity index (χ4v) is 2.85. The van der Waals surface area contributed by atoms with E-state index in [2.05, 4.69) is 5.32 Å². The molecule has 0 heterocycles. The fourth-order valence-electron chi connectivity index (χ4n) is 1.79. The van der Waals surface area contributed by atoms with Gasteiger partial charge < -0.3 is 5.32 Å². The molecule has 0 aliphatic carbocycles. The Morgan fingerprint density at radius 2 is 1.52 bits per heavy atom. The average molecular weight is 303 g/mol. The van der Waals surface area contributed by atoms with E-state index >= 15 is 0 Å². The molecule has 2 rings (SSSR count). The van der Waals surface area contributed by atoms with Gasteiger partial charge in [-0.1, -0.05) is 18.2 Å². The molecule has 0 radical (unpaired) electrons. The minimum atomic E-state index is -3.31. The summed E-state index contributed by atoms with van der Waals surface area (Å²) in [6, 6.07) is 15.1. The quantitative estimate of drug-likeness (QED) is 0.944. The molecule has 0 bridgehead atoms. The maximum absolute atomic E-state index is 12.0. The van der Waals surface area contributed by atoms with Crippen molar-refractivity contribution in [1.82, 2.24) is 0 Å². The van der Waals surface area contributed by atoms with Crippen LogP contribution in [0, 0.1) is 0 Å². The van der Waals surface area contributed by atoms with Crippen molar-refractivity contribution in [2.75, 3.05) is 5.32 Å². The lowest BCUT2D eigenvalue weighted by Gasteiger charge is -2.09. The molecule has 0 spiro atoms. The number of amides is 1. The molecule has 21 heavy (non-hydrogen) atoms. The lowest BCUT2D eigenvalue weighted by molar-refractivity contribution is 0.102. The molecule has 0 aliphatic heterocycles. The molecular formula is C16H17NO3S. The van der Waals surface area contributed by atoms with Crippen molar-refractivity contribution in [2.45, 2.75) is 24.0 Å². The Bertz CT molecular complexity index is 720. The number of nitrogens with one attached hydrogen (secondary N) is 1. The number of carbonyl (C=O) groups is 1. The predicted molar refractivity (Wildman–Crippen MR) is 83.2 cm³/mol. The Kier molecular flexibility index (Phi) is 4.43. The van der Waals surface area contributed by atoms with Crippen LogP contribution in [0.15, 0.2) is 59.5 Å². The number of para-hydroxylation sites is 1. The summed E-state index contributed by atoms with van der Waals surface area (Å²) < 4.78 is 24.0. The van der Waals surface area contributed by atoms with Gasteiger partial charge in [0.1, 0.15) is 0 Å². The van der Waals surface area contributed by atoms with Gasteiger partial charge in [0.25, 0.3) is 5.91 Å². The molecule has 4 nitrogen and oxygen atoms in total. The first-order valence-corrected chi connectivity index (χ1v) is 8.16. The van der Waals surface area contributed by atoms with Crippen molar-refractivity contribution in [3.8, 4) is 0 Å². The van der Waals surface area contributed by atoms with E-state index in [1.165, 1.54) is 24.3 Å². The standard InChI is InChI=1S/C16H17NO3S/c1-12(2)21(19,20)15-10-8-13(9-11-15)16(18)17-14-6-4-3-5-7-14/h3-12H,1-2H3,(H,17,18). The van der Waals surface area contributed by atoms with Crippen molar-refractivity contribution < 1.29 is 13.2 Å². The van der Waals surface area contributed by atoms with Crippen LogP contribution in [0.4, 0.5) is 5.69 Å². The molecule has 0 aliphatic rings. The highest BCUT2D eigenvalue weighted by molar-refractivity contribution is 7.92. The third-order valence-corrected chi connectivity index (χ3v) is 5.27. The first kappa shape index (κ1) is 15.3. The van der Waals surface area contributed by atoms with Crippen LogP contribution >= 0.6 is 0 Å². The molecule has 0 unspecified atom stereocenters. The van der Waals surface area contributed by atoms with Gasteiger partial charge in [0.2, 0.25) is 0 Å². The summed E-state index contributed by atoms with van der Waals surface area (Å²) in [5.74, 6) is -0.269. The second-order valence-corrected chi connectivity index (χ2v) is 7.44. The molecule has 2 aromatic rings. The van der Waals surface area contributed by atoms with Crippen LogP contribution in [0.3, 0.4) is 0 Å². The van der Waals surface area contributed by atoms with Gasteiger partial charge in [-0.3, -0.25) is 4.79 Å². The van der Waals surface area contributed by atoms with E-state index < -0.39 is 15.1 Å². The number of carbonyl (C=O) groups excluding carboxylic acids is 1. The largest absolute Gasteiger partial charge is 0.322 e. The molecule has 1 N–H and O–H groups in total. The van der Waals surface area contributed by atoms with E-state index in [0.29, 0.717) is 11.3 Å². The van der Waals surface area contributed by atoms with Crippen molar-refractivity contribution in [3.63, 3.8) is 0 Å². The molecule has 0 atom stereocenters. The van der Waals surface area contributed by atoms with Gasteiger partial charge in [0.05, 0.1) is 10.1 Å². The lowest BCUT2D eigenvalue weighted by Crippen LogP contribution is -2.15. The number of hydrogen-bond acceptors (Lipinski definition) is 3. The van der Waals surface area contributed by atoms with Crippen molar-refractivity contribution in [2.24, 2.45) is 0 Å². The van der Waals surface area contributed by atoms with Crippen LogP contribution in [0.5, 0.6) is 0 Å². The van der Waals surface area contributed by atoms with Crippen molar-refractivity contribution in [3.05, 3.63) is 60.2 Å². The Hall–Kier alpha value is -2.14. The number of hydrogen-bond donors (Lipinski definition) is 1. The fraction of sp³-hybridized carbons (Fsp3) is 0.188. The van der Waals surface area contributed by atoms with Gasteiger partial charge >= 0.3 is 0 Å². The normalized spacial score (nSPS) is 11.4. The molecule has 5 heteroatoms. The third kappa shape index (κ3) is 3.49. The number of rotatable bonds is 4. The summed E-state index contributed by atoms with van der Waals surface area (Å²) in [5, 5.41) is 2.27. The van der Waals surface area contributed by atoms with E-state index in [9.17, 15) is 13.2 Å². The van der Waals surface area contributed by atoms with Crippen LogP contribution in [0.1, 0.15) is 24.2 Å². The highest BCUT2D eigenvalue weighted by Gasteiger charge is 2.19. The molecule has 2 aromatic carbocycles. The van der Waals surface area contributed by atoms with Gasteiger partial charge in [-0.2, -0.15) is 0 Å². The average Bonchev–Trinajstić information content (AvgIpc) is 2.48. The highest BCUT2D eigenvalue weighted by Crippen LogP contribution is 2.17. The van der Waals surface area contributed by atoms with Gasteiger partial charge in [-0.25, -0.2) is 8.42 Å². The third-order valence-electron chi connectivity index (χ3n) is 3.10. The number of anilines is 1. The zero-order chi connectivity index (χ0) is 15.5. The van der Waals surface area contributed by atoms with Crippen molar-refractivity contribution in [1.29, 1.82) is 0 Å². The van der Waals surface area contributed by atoms with Gasteiger partial charge in [0, 0.05) is 11.3 Å². The minimum absolute atomic E-state index is 0.230. The smallest absolute Gasteiger partial charge is 0.255 e. The monoisotopic (exact) mass is 303 g/mol. The van der Waals surface area contributed by atoms with Crippen molar-refractivity contribution >= 4 is 21.4 Å². The van der Waals surface area contributed by atoms with Crippen LogP contribution in [0.2, 0.25) is 0 Å². The first-order valence-electron chi connectivity index (χ1n) is 6.61. The number of benzene rings is 2. The molecule has 0 fully saturated rings. The second kappa shape index (κ2) is 6.10. The molecule has 0 aromatic heterocycles. The first-order chi connectivity index (χ1) is 9.91. The van der Waals surface area contributed by atoms with E-state index in [0.717, 1.165) is 0 Å². The topological polar surface area (TPSA) is 63.2 Å². The van der Waals surface area contributed by atoms with Gasteiger partial charge in [-0.05, 0) is 50.2 Å². The molecule has 1 amide bonds. The molecule has 0 saturated carbocycles. The van der Waals surface area contributed by atoms with Crippen LogP contribution < -0.4 is 5.32 Å². The Labute approximate surface area is 124 Å². The minimum Gasteiger partial charge on any atom is -0.322 e. The van der Waals surface area contributed by atoms with E-state index in [1.54, 1.807) is 26.0 Å². The lowest BCUT2D eigenvalue weighted by atomic mass is 10.2. The van der Waals surface area contributed by atoms with E-state index in [1.807, 2.05) is 18.2 Å². The summed E-state index contributed by atoms with van der Waals surface area (Å²) in [4.78, 5) is 12.3. The second-order valence-electron chi connectivity index (χ2n) is 4.94. The Morgan fingerprint density at radius 3 is 2.05 bits per heavy atom. The van der Waals surface area contributed by atoms with Gasteiger partial charge in [-0.15, -0.1) is 0 Å². The Morgan fingerprint density at radius 1 is 0.952 bits per heavy atom. The summed E-state index contributed by atoms with van der Waals surface area (Å²) in [6.45, 7) is 3.26. The van der Waals surface area contributed by atoms with E-state index in [4.69, 9.17) is 0 Å². The highest BCUT2D eigenvalue weighted by atomic mass is 32.2. The van der Waals surface area contributed by atoms with Gasteiger partial charge in [0.15, 0.2) is 9.84 Å². The molecule has 0 saturated heterocycles. The van der Waals surface area contributed by atoms with Crippen LogP contribution in [-0.2, 0) is 9.84 Å². The SMILES string of the molecule is CC(C)S(=O)(=O)c1ccc(C(=O)Nc2ccccc2)cc1. The maximum atomic E-state index is 12.0. The van der Waals surface area contributed by atoms with Crippen LogP contribution in [0.25, 0.3) is 0 Å². The zero-order valence-corrected chi connectivity index (χ0v) is 12.7. The Balaban J connectivity index is 2.18. The van der Waals surface area contributed by atoms with Crippen LogP contribution in [-0.4, -0.2) is 19.6 Å².